The minimum Gasteiger partial charge on any atom is -0.354 e. The van der Waals surface area contributed by atoms with E-state index in [1.54, 1.807) is 18.2 Å². The standard InChI is InChI=1S/C13H16ClIN2O2/c1-8(2)12(18)16-5-6-17-13(19)9-3-4-10(14)11(15)7-9/h3-4,7-8H,5-6H2,1-2H3,(H,16,18)(H,17,19). The number of amides is 2. The van der Waals surface area contributed by atoms with Crippen molar-refractivity contribution in [3.63, 3.8) is 0 Å². The monoisotopic (exact) mass is 394 g/mol. The van der Waals surface area contributed by atoms with Crippen molar-refractivity contribution in [2.45, 2.75) is 13.8 Å². The van der Waals surface area contributed by atoms with Gasteiger partial charge in [0, 0.05) is 28.1 Å². The van der Waals surface area contributed by atoms with Crippen LogP contribution < -0.4 is 10.6 Å². The first-order valence-electron chi connectivity index (χ1n) is 5.92. The average molecular weight is 395 g/mol. The first kappa shape index (κ1) is 16.2. The highest BCUT2D eigenvalue weighted by atomic mass is 127. The van der Waals surface area contributed by atoms with Crippen molar-refractivity contribution in [1.82, 2.24) is 10.6 Å². The Morgan fingerprint density at radius 3 is 2.47 bits per heavy atom. The average Bonchev–Trinajstić information content (AvgIpc) is 2.37. The van der Waals surface area contributed by atoms with Crippen LogP contribution in [0, 0.1) is 9.49 Å². The third-order valence-corrected chi connectivity index (χ3v) is 3.96. The van der Waals surface area contributed by atoms with Crippen LogP contribution in [0.2, 0.25) is 5.02 Å². The maximum absolute atomic E-state index is 11.8. The summed E-state index contributed by atoms with van der Waals surface area (Å²) < 4.78 is 0.833. The summed E-state index contributed by atoms with van der Waals surface area (Å²) in [5, 5.41) is 6.10. The summed E-state index contributed by atoms with van der Waals surface area (Å²) in [7, 11) is 0. The van der Waals surface area contributed by atoms with E-state index in [1.807, 2.05) is 13.8 Å². The Hall–Kier alpha value is -0.820. The lowest BCUT2D eigenvalue weighted by Crippen LogP contribution is -2.36. The Bertz CT molecular complexity index is 478. The number of hydrogen-bond acceptors (Lipinski definition) is 2. The number of benzene rings is 1. The first-order chi connectivity index (χ1) is 8.91. The summed E-state index contributed by atoms with van der Waals surface area (Å²) in [6.45, 7) is 4.47. The van der Waals surface area contributed by atoms with Crippen LogP contribution in [0.25, 0.3) is 0 Å². The Labute approximate surface area is 131 Å². The Morgan fingerprint density at radius 1 is 1.26 bits per heavy atom. The van der Waals surface area contributed by atoms with Crippen LogP contribution in [0.5, 0.6) is 0 Å². The molecule has 104 valence electrons. The zero-order valence-electron chi connectivity index (χ0n) is 10.8. The van der Waals surface area contributed by atoms with Crippen LogP contribution >= 0.6 is 34.2 Å². The van der Waals surface area contributed by atoms with Crippen LogP contribution in [0.1, 0.15) is 24.2 Å². The molecule has 0 aromatic heterocycles. The fourth-order valence-electron chi connectivity index (χ4n) is 1.31. The number of carbonyl (C=O) groups excluding carboxylic acids is 2. The third-order valence-electron chi connectivity index (χ3n) is 2.42. The summed E-state index contributed by atoms with van der Waals surface area (Å²) in [5.41, 5.74) is 0.559. The molecule has 0 bridgehead atoms. The summed E-state index contributed by atoms with van der Waals surface area (Å²) in [6, 6.07) is 5.09. The van der Waals surface area contributed by atoms with Gasteiger partial charge in [-0.15, -0.1) is 0 Å². The van der Waals surface area contributed by atoms with Gasteiger partial charge in [0.15, 0.2) is 0 Å². The van der Waals surface area contributed by atoms with E-state index in [0.717, 1.165) is 3.57 Å². The van der Waals surface area contributed by atoms with Crippen LogP contribution in [0.15, 0.2) is 18.2 Å². The number of hydrogen-bond donors (Lipinski definition) is 2. The predicted molar refractivity (Wildman–Crippen MR) is 84.3 cm³/mol. The molecule has 0 fully saturated rings. The van der Waals surface area contributed by atoms with Crippen molar-refractivity contribution in [2.75, 3.05) is 13.1 Å². The van der Waals surface area contributed by atoms with Gasteiger partial charge < -0.3 is 10.6 Å². The quantitative estimate of drug-likeness (QED) is 0.595. The number of rotatable bonds is 5. The summed E-state index contributed by atoms with van der Waals surface area (Å²) in [4.78, 5) is 23.1. The Kier molecular flexibility index (Phi) is 6.57. The molecule has 0 unspecified atom stereocenters. The van der Waals surface area contributed by atoms with Crippen molar-refractivity contribution >= 4 is 46.0 Å². The molecular weight excluding hydrogens is 379 g/mol. The van der Waals surface area contributed by atoms with E-state index in [9.17, 15) is 9.59 Å². The molecule has 1 rings (SSSR count). The molecule has 0 aliphatic rings. The lowest BCUT2D eigenvalue weighted by molar-refractivity contribution is -0.123. The molecule has 1 aromatic carbocycles. The van der Waals surface area contributed by atoms with Gasteiger partial charge in [-0.1, -0.05) is 25.4 Å². The highest BCUT2D eigenvalue weighted by Crippen LogP contribution is 2.19. The SMILES string of the molecule is CC(C)C(=O)NCCNC(=O)c1ccc(Cl)c(I)c1. The molecule has 0 spiro atoms. The van der Waals surface area contributed by atoms with Crippen LogP contribution in [0.3, 0.4) is 0 Å². The Balaban J connectivity index is 2.39. The van der Waals surface area contributed by atoms with E-state index in [2.05, 4.69) is 33.2 Å². The van der Waals surface area contributed by atoms with Crippen LogP contribution in [-0.4, -0.2) is 24.9 Å². The molecule has 0 aliphatic heterocycles. The highest BCUT2D eigenvalue weighted by molar-refractivity contribution is 14.1. The molecule has 4 nitrogen and oxygen atoms in total. The van der Waals surface area contributed by atoms with Crippen LogP contribution in [0.4, 0.5) is 0 Å². The van der Waals surface area contributed by atoms with E-state index in [4.69, 9.17) is 11.6 Å². The second kappa shape index (κ2) is 7.69. The molecule has 0 heterocycles. The van der Waals surface area contributed by atoms with Gasteiger partial charge in [0.05, 0.1) is 5.02 Å². The van der Waals surface area contributed by atoms with Gasteiger partial charge in [-0.25, -0.2) is 0 Å². The summed E-state index contributed by atoms with van der Waals surface area (Å²) in [5.74, 6) is -0.239. The molecule has 2 N–H and O–H groups in total. The second-order valence-corrected chi connectivity index (χ2v) is 5.90. The summed E-state index contributed by atoms with van der Waals surface area (Å²) >= 11 is 7.97. The fourth-order valence-corrected chi connectivity index (χ4v) is 1.94. The molecule has 0 aliphatic carbocycles. The molecule has 6 heteroatoms. The maximum Gasteiger partial charge on any atom is 0.251 e. The van der Waals surface area contributed by atoms with E-state index in [0.29, 0.717) is 23.7 Å². The normalized spacial score (nSPS) is 10.4. The van der Waals surface area contributed by atoms with Crippen LogP contribution in [-0.2, 0) is 4.79 Å². The number of nitrogens with one attached hydrogen (secondary N) is 2. The van der Waals surface area contributed by atoms with E-state index in [-0.39, 0.29) is 17.7 Å². The maximum atomic E-state index is 11.8. The van der Waals surface area contributed by atoms with Gasteiger partial charge in [0.25, 0.3) is 5.91 Å². The molecule has 1 aromatic rings. The smallest absolute Gasteiger partial charge is 0.251 e. The first-order valence-corrected chi connectivity index (χ1v) is 7.38. The van der Waals surface area contributed by atoms with Gasteiger partial charge in [-0.3, -0.25) is 9.59 Å². The highest BCUT2D eigenvalue weighted by Gasteiger charge is 2.08. The fraction of sp³-hybridized carbons (Fsp3) is 0.385. The third kappa shape index (κ3) is 5.36. The molecule has 2 amide bonds. The van der Waals surface area contributed by atoms with Crippen molar-refractivity contribution in [3.8, 4) is 0 Å². The van der Waals surface area contributed by atoms with Crippen molar-refractivity contribution in [3.05, 3.63) is 32.4 Å². The van der Waals surface area contributed by atoms with Gasteiger partial charge in [0.1, 0.15) is 0 Å². The van der Waals surface area contributed by atoms with E-state index in [1.165, 1.54) is 0 Å². The van der Waals surface area contributed by atoms with Crippen molar-refractivity contribution in [2.24, 2.45) is 5.92 Å². The minimum absolute atomic E-state index is 0.0182. The zero-order chi connectivity index (χ0) is 14.4. The number of carbonyl (C=O) groups is 2. The zero-order valence-corrected chi connectivity index (χ0v) is 13.7. The van der Waals surface area contributed by atoms with Gasteiger partial charge in [0.2, 0.25) is 5.91 Å². The molecular formula is C13H16ClIN2O2. The lowest BCUT2D eigenvalue weighted by Gasteiger charge is -2.09. The van der Waals surface area contributed by atoms with E-state index < -0.39 is 0 Å². The predicted octanol–water partition coefficient (Wildman–Crippen LogP) is 2.45. The largest absolute Gasteiger partial charge is 0.354 e. The van der Waals surface area contributed by atoms with Gasteiger partial charge in [-0.05, 0) is 40.8 Å². The van der Waals surface area contributed by atoms with Crippen molar-refractivity contribution < 1.29 is 9.59 Å². The molecule has 0 saturated heterocycles. The second-order valence-electron chi connectivity index (χ2n) is 4.33. The molecule has 0 saturated carbocycles. The topological polar surface area (TPSA) is 58.2 Å². The van der Waals surface area contributed by atoms with Crippen molar-refractivity contribution in [1.29, 1.82) is 0 Å². The summed E-state index contributed by atoms with van der Waals surface area (Å²) in [6.07, 6.45) is 0. The molecule has 19 heavy (non-hydrogen) atoms. The minimum atomic E-state index is -0.173. The van der Waals surface area contributed by atoms with E-state index >= 15 is 0 Å². The molecule has 0 atom stereocenters. The van der Waals surface area contributed by atoms with Gasteiger partial charge >= 0.3 is 0 Å². The Morgan fingerprint density at radius 2 is 1.89 bits per heavy atom. The lowest BCUT2D eigenvalue weighted by atomic mass is 10.2. The molecule has 0 radical (unpaired) electrons. The number of halogens is 2. The van der Waals surface area contributed by atoms with Gasteiger partial charge in [-0.2, -0.15) is 0 Å².